The van der Waals surface area contributed by atoms with E-state index in [0.717, 1.165) is 11.1 Å². The van der Waals surface area contributed by atoms with E-state index >= 15 is 0 Å². The van der Waals surface area contributed by atoms with Crippen LogP contribution in [0.3, 0.4) is 0 Å². The fourth-order valence-corrected chi connectivity index (χ4v) is 4.02. The summed E-state index contributed by atoms with van der Waals surface area (Å²) in [5.41, 5.74) is 7.52. The molecule has 2 N–H and O–H groups in total. The number of carbonyl (C=O) groups excluding carboxylic acids is 3. The van der Waals surface area contributed by atoms with Crippen LogP contribution < -0.4 is 5.73 Å². The van der Waals surface area contributed by atoms with E-state index in [1.54, 1.807) is 11.0 Å². The standard InChI is InChI=1S/C21H28ClN3O5/c1-21(2,3)17(23)18(26)25-10-13(8-16(25)19(27)29-4)30-20(28)24-9-12-6-5-7-15(22)14(12)11-24/h5-7,13,16-17H,8-11,23H2,1-4H3/t13-,16+,17-/m1/s1. The zero-order valence-corrected chi connectivity index (χ0v) is 18.4. The topological polar surface area (TPSA) is 102 Å². The quantitative estimate of drug-likeness (QED) is 0.728. The highest BCUT2D eigenvalue weighted by Crippen LogP contribution is 2.31. The minimum absolute atomic E-state index is 0.0929. The first kappa shape index (κ1) is 22.4. The highest BCUT2D eigenvalue weighted by molar-refractivity contribution is 6.31. The first-order valence-corrected chi connectivity index (χ1v) is 10.3. The van der Waals surface area contributed by atoms with Crippen molar-refractivity contribution in [3.63, 3.8) is 0 Å². The van der Waals surface area contributed by atoms with E-state index in [1.165, 1.54) is 12.0 Å². The molecule has 2 aliphatic rings. The lowest BCUT2D eigenvalue weighted by Gasteiger charge is -2.32. The number of hydrogen-bond donors (Lipinski definition) is 1. The Morgan fingerprint density at radius 3 is 2.53 bits per heavy atom. The molecule has 8 nitrogen and oxygen atoms in total. The molecule has 30 heavy (non-hydrogen) atoms. The molecule has 0 unspecified atom stereocenters. The van der Waals surface area contributed by atoms with Crippen LogP contribution in [-0.4, -0.2) is 59.6 Å². The van der Waals surface area contributed by atoms with Crippen molar-refractivity contribution >= 4 is 29.6 Å². The van der Waals surface area contributed by atoms with Gasteiger partial charge in [0.05, 0.1) is 26.2 Å². The summed E-state index contributed by atoms with van der Waals surface area (Å²) in [7, 11) is 1.26. The van der Waals surface area contributed by atoms with Gasteiger partial charge in [-0.15, -0.1) is 0 Å². The van der Waals surface area contributed by atoms with E-state index in [0.29, 0.717) is 18.1 Å². The fourth-order valence-electron chi connectivity index (χ4n) is 3.76. The zero-order chi connectivity index (χ0) is 22.2. The molecule has 1 saturated heterocycles. The molecule has 0 spiro atoms. The predicted octanol–water partition coefficient (Wildman–Crippen LogP) is 2.31. The normalized spacial score (nSPS) is 21.9. The molecule has 3 rings (SSSR count). The molecule has 9 heteroatoms. The lowest BCUT2D eigenvalue weighted by atomic mass is 9.86. The van der Waals surface area contributed by atoms with Gasteiger partial charge in [-0.3, -0.25) is 9.69 Å². The molecule has 0 aromatic heterocycles. The Morgan fingerprint density at radius 2 is 1.93 bits per heavy atom. The summed E-state index contributed by atoms with van der Waals surface area (Å²) in [5.74, 6) is -0.917. The summed E-state index contributed by atoms with van der Waals surface area (Å²) >= 11 is 6.21. The maximum absolute atomic E-state index is 12.9. The van der Waals surface area contributed by atoms with Crippen molar-refractivity contribution in [2.24, 2.45) is 11.1 Å². The summed E-state index contributed by atoms with van der Waals surface area (Å²) in [4.78, 5) is 40.8. The fraction of sp³-hybridized carbons (Fsp3) is 0.571. The van der Waals surface area contributed by atoms with Gasteiger partial charge < -0.3 is 20.1 Å². The molecule has 1 fully saturated rings. The van der Waals surface area contributed by atoms with Crippen LogP contribution in [-0.2, 0) is 32.2 Å². The number of methoxy groups -OCH3 is 1. The zero-order valence-electron chi connectivity index (χ0n) is 17.7. The number of nitrogens with two attached hydrogens (primary N) is 1. The molecule has 0 saturated carbocycles. The van der Waals surface area contributed by atoms with Crippen LogP contribution >= 0.6 is 11.6 Å². The minimum Gasteiger partial charge on any atom is -0.467 e. The van der Waals surface area contributed by atoms with E-state index < -0.39 is 35.7 Å². The smallest absolute Gasteiger partial charge is 0.410 e. The van der Waals surface area contributed by atoms with Gasteiger partial charge >= 0.3 is 12.1 Å². The molecule has 3 atom stereocenters. The Kier molecular flexibility index (Phi) is 6.29. The van der Waals surface area contributed by atoms with Crippen LogP contribution in [0, 0.1) is 5.41 Å². The van der Waals surface area contributed by atoms with Crippen molar-refractivity contribution in [1.82, 2.24) is 9.80 Å². The molecule has 1 aromatic rings. The third-order valence-electron chi connectivity index (χ3n) is 5.67. The number of halogens is 1. The van der Waals surface area contributed by atoms with Gasteiger partial charge in [0.2, 0.25) is 5.91 Å². The second-order valence-corrected chi connectivity index (χ2v) is 9.26. The Labute approximate surface area is 181 Å². The van der Waals surface area contributed by atoms with E-state index in [-0.39, 0.29) is 18.9 Å². The molecular formula is C21H28ClN3O5. The average Bonchev–Trinajstić information content (AvgIpc) is 3.30. The van der Waals surface area contributed by atoms with Crippen LogP contribution in [0.25, 0.3) is 0 Å². The number of amides is 2. The van der Waals surface area contributed by atoms with E-state index in [1.807, 2.05) is 32.9 Å². The van der Waals surface area contributed by atoms with Crippen molar-refractivity contribution < 1.29 is 23.9 Å². The number of benzene rings is 1. The number of hydrogen-bond acceptors (Lipinski definition) is 6. The van der Waals surface area contributed by atoms with Crippen molar-refractivity contribution in [2.75, 3.05) is 13.7 Å². The van der Waals surface area contributed by atoms with Gasteiger partial charge in [0.25, 0.3) is 0 Å². The monoisotopic (exact) mass is 437 g/mol. The first-order chi connectivity index (χ1) is 14.0. The molecule has 2 aliphatic heterocycles. The number of esters is 1. The Balaban J connectivity index is 1.68. The largest absolute Gasteiger partial charge is 0.467 e. The summed E-state index contributed by atoms with van der Waals surface area (Å²) in [5, 5.41) is 0.613. The van der Waals surface area contributed by atoms with Crippen LogP contribution in [0.4, 0.5) is 4.79 Å². The Bertz CT molecular complexity index is 854. The minimum atomic E-state index is -0.834. The van der Waals surface area contributed by atoms with Crippen LogP contribution in [0.1, 0.15) is 38.3 Å². The van der Waals surface area contributed by atoms with Gasteiger partial charge in [0.15, 0.2) is 0 Å². The molecule has 2 amide bonds. The molecule has 0 aliphatic carbocycles. The maximum atomic E-state index is 12.9. The SMILES string of the molecule is COC(=O)[C@@H]1C[C@@H](OC(=O)N2Cc3cccc(Cl)c3C2)CN1C(=O)[C@@H](N)C(C)(C)C. The van der Waals surface area contributed by atoms with Crippen LogP contribution in [0.2, 0.25) is 5.02 Å². The second-order valence-electron chi connectivity index (χ2n) is 8.85. The summed E-state index contributed by atoms with van der Waals surface area (Å²) in [6, 6.07) is 3.92. The van der Waals surface area contributed by atoms with E-state index in [2.05, 4.69) is 0 Å². The third-order valence-corrected chi connectivity index (χ3v) is 6.02. The first-order valence-electron chi connectivity index (χ1n) is 9.88. The average molecular weight is 438 g/mol. The van der Waals surface area contributed by atoms with Crippen molar-refractivity contribution in [2.45, 2.75) is 58.5 Å². The van der Waals surface area contributed by atoms with Gasteiger partial charge in [0.1, 0.15) is 12.1 Å². The second kappa shape index (κ2) is 8.43. The van der Waals surface area contributed by atoms with Gasteiger partial charge in [-0.2, -0.15) is 0 Å². The molecule has 0 bridgehead atoms. The number of fused-ring (bicyclic) bond motifs is 1. The predicted molar refractivity (Wildman–Crippen MR) is 111 cm³/mol. The van der Waals surface area contributed by atoms with E-state index in [9.17, 15) is 14.4 Å². The molecule has 1 aromatic carbocycles. The summed E-state index contributed by atoms with van der Waals surface area (Å²) < 4.78 is 10.5. The van der Waals surface area contributed by atoms with E-state index in [4.69, 9.17) is 26.8 Å². The number of rotatable bonds is 3. The third kappa shape index (κ3) is 4.39. The molecule has 164 valence electrons. The van der Waals surface area contributed by atoms with Gasteiger partial charge in [-0.05, 0) is 22.6 Å². The number of carbonyl (C=O) groups is 3. The highest BCUT2D eigenvalue weighted by atomic mass is 35.5. The van der Waals surface area contributed by atoms with Crippen molar-refractivity contribution in [3.8, 4) is 0 Å². The Morgan fingerprint density at radius 1 is 1.23 bits per heavy atom. The van der Waals surface area contributed by atoms with Gasteiger partial charge in [-0.1, -0.05) is 44.5 Å². The number of likely N-dealkylation sites (tertiary alicyclic amines) is 1. The Hall–Kier alpha value is -2.32. The summed E-state index contributed by atoms with van der Waals surface area (Å²) in [6.45, 7) is 6.42. The van der Waals surface area contributed by atoms with Crippen molar-refractivity contribution in [1.29, 1.82) is 0 Å². The highest BCUT2D eigenvalue weighted by Gasteiger charge is 2.45. The lowest BCUT2D eigenvalue weighted by molar-refractivity contribution is -0.152. The molecule has 2 heterocycles. The molecule has 0 radical (unpaired) electrons. The molecular weight excluding hydrogens is 410 g/mol. The number of nitrogens with zero attached hydrogens (tertiary/aromatic N) is 2. The summed E-state index contributed by atoms with van der Waals surface area (Å²) in [6.07, 6.45) is -0.968. The van der Waals surface area contributed by atoms with Crippen LogP contribution in [0.15, 0.2) is 18.2 Å². The van der Waals surface area contributed by atoms with Gasteiger partial charge in [-0.25, -0.2) is 9.59 Å². The maximum Gasteiger partial charge on any atom is 0.410 e. The van der Waals surface area contributed by atoms with Crippen LogP contribution in [0.5, 0.6) is 0 Å². The van der Waals surface area contributed by atoms with Gasteiger partial charge in [0, 0.05) is 18.0 Å². The number of ether oxygens (including phenoxy) is 2. The lowest BCUT2D eigenvalue weighted by Crippen LogP contribution is -2.53. The van der Waals surface area contributed by atoms with Crippen molar-refractivity contribution in [3.05, 3.63) is 34.3 Å².